The van der Waals surface area contributed by atoms with Crippen LogP contribution in [0.5, 0.6) is 0 Å². The van der Waals surface area contributed by atoms with Crippen LogP contribution in [-0.2, 0) is 14.3 Å². The summed E-state index contributed by atoms with van der Waals surface area (Å²) in [4.78, 5) is 35.1. The Morgan fingerprint density at radius 2 is 1.84 bits per heavy atom. The first-order chi connectivity index (χ1) is 9.16. The van der Waals surface area contributed by atoms with E-state index in [9.17, 15) is 14.4 Å². The second-order valence-corrected chi connectivity index (χ2v) is 4.20. The Balaban J connectivity index is 2.29. The molecular formula is C15H14O4. The summed E-state index contributed by atoms with van der Waals surface area (Å²) >= 11 is 0. The highest BCUT2D eigenvalue weighted by molar-refractivity contribution is 6.69. The van der Waals surface area contributed by atoms with Gasteiger partial charge in [0.25, 0.3) is 5.78 Å². The van der Waals surface area contributed by atoms with Crippen LogP contribution in [0.4, 0.5) is 0 Å². The molecule has 0 saturated heterocycles. The third-order valence-electron chi connectivity index (χ3n) is 2.92. The minimum absolute atomic E-state index is 0.236. The molecule has 0 saturated carbocycles. The Kier molecular flexibility index (Phi) is 4.02. The predicted octanol–water partition coefficient (Wildman–Crippen LogP) is 2.04. The molecule has 1 atom stereocenters. The zero-order chi connectivity index (χ0) is 13.8. The normalized spacial score (nSPS) is 19.0. The summed E-state index contributed by atoms with van der Waals surface area (Å²) < 4.78 is 5.43. The van der Waals surface area contributed by atoms with Crippen LogP contribution in [0.2, 0.25) is 0 Å². The van der Waals surface area contributed by atoms with Crippen LogP contribution in [0.1, 0.15) is 35.4 Å². The molecule has 0 aromatic heterocycles. The van der Waals surface area contributed by atoms with Gasteiger partial charge in [0.15, 0.2) is 6.10 Å². The van der Waals surface area contributed by atoms with Gasteiger partial charge in [-0.2, -0.15) is 0 Å². The lowest BCUT2D eigenvalue weighted by atomic mass is 9.86. The van der Waals surface area contributed by atoms with E-state index >= 15 is 0 Å². The first-order valence-electron chi connectivity index (χ1n) is 6.15. The van der Waals surface area contributed by atoms with E-state index in [4.69, 9.17) is 4.74 Å². The minimum Gasteiger partial charge on any atom is -0.361 e. The topological polar surface area (TPSA) is 60.4 Å². The van der Waals surface area contributed by atoms with Crippen molar-refractivity contribution >= 4 is 17.3 Å². The quantitative estimate of drug-likeness (QED) is 0.612. The molecule has 1 aliphatic rings. The van der Waals surface area contributed by atoms with Gasteiger partial charge in [-0.3, -0.25) is 14.4 Å². The van der Waals surface area contributed by atoms with Crippen molar-refractivity contribution in [2.24, 2.45) is 0 Å². The van der Waals surface area contributed by atoms with Gasteiger partial charge in [-0.25, -0.2) is 0 Å². The van der Waals surface area contributed by atoms with Crippen LogP contribution >= 0.6 is 0 Å². The largest absolute Gasteiger partial charge is 0.361 e. The molecule has 2 rings (SSSR count). The maximum atomic E-state index is 11.8. The van der Waals surface area contributed by atoms with Crippen molar-refractivity contribution in [3.63, 3.8) is 0 Å². The second kappa shape index (κ2) is 5.71. The van der Waals surface area contributed by atoms with Gasteiger partial charge in [0.05, 0.1) is 6.61 Å². The van der Waals surface area contributed by atoms with Crippen LogP contribution in [0.15, 0.2) is 36.4 Å². The Bertz CT molecular complexity index is 557. The second-order valence-electron chi connectivity index (χ2n) is 4.20. The van der Waals surface area contributed by atoms with Gasteiger partial charge < -0.3 is 4.74 Å². The number of benzene rings is 1. The molecular weight excluding hydrogens is 244 g/mol. The Hall–Kier alpha value is -2.07. The molecule has 19 heavy (non-hydrogen) atoms. The smallest absolute Gasteiger partial charge is 0.272 e. The number of ether oxygens (including phenoxy) is 1. The van der Waals surface area contributed by atoms with Crippen molar-refractivity contribution in [2.75, 3.05) is 6.61 Å². The number of carbonyl (C=O) groups excluding carboxylic acids is 3. The molecule has 4 nitrogen and oxygen atoms in total. The van der Waals surface area contributed by atoms with E-state index in [0.717, 1.165) is 6.42 Å². The van der Waals surface area contributed by atoms with Crippen molar-refractivity contribution in [1.82, 2.24) is 0 Å². The van der Waals surface area contributed by atoms with Crippen LogP contribution in [0.25, 0.3) is 0 Å². The molecule has 0 spiro atoms. The number of ketones is 3. The van der Waals surface area contributed by atoms with Crippen molar-refractivity contribution < 1.29 is 19.1 Å². The molecule has 4 heteroatoms. The van der Waals surface area contributed by atoms with Gasteiger partial charge in [0, 0.05) is 11.1 Å². The summed E-state index contributed by atoms with van der Waals surface area (Å²) in [5, 5.41) is 0. The standard InChI is InChI=1S/C15H14O4/c1-2-3-6-9-19-15-11-8-5-4-7-10(11)12(16)13(17)14(15)18/h3-8,15H,2,9H2,1H3. The highest BCUT2D eigenvalue weighted by atomic mass is 16.5. The molecule has 0 fully saturated rings. The number of fused-ring (bicyclic) bond motifs is 1. The number of allylic oxidation sites excluding steroid dienone is 1. The zero-order valence-electron chi connectivity index (χ0n) is 10.6. The summed E-state index contributed by atoms with van der Waals surface area (Å²) in [7, 11) is 0. The average Bonchev–Trinajstić information content (AvgIpc) is 2.44. The summed E-state index contributed by atoms with van der Waals surface area (Å²) in [5.74, 6) is -2.53. The van der Waals surface area contributed by atoms with E-state index in [1.807, 2.05) is 13.0 Å². The maximum Gasteiger partial charge on any atom is 0.272 e. The van der Waals surface area contributed by atoms with Crippen LogP contribution < -0.4 is 0 Å². The van der Waals surface area contributed by atoms with Crippen molar-refractivity contribution in [3.05, 3.63) is 47.5 Å². The van der Waals surface area contributed by atoms with E-state index in [1.54, 1.807) is 30.3 Å². The lowest BCUT2D eigenvalue weighted by Gasteiger charge is -2.22. The van der Waals surface area contributed by atoms with E-state index < -0.39 is 23.5 Å². The lowest BCUT2D eigenvalue weighted by molar-refractivity contribution is -0.141. The summed E-state index contributed by atoms with van der Waals surface area (Å²) in [6.45, 7) is 2.22. The van der Waals surface area contributed by atoms with Gasteiger partial charge in [-0.1, -0.05) is 43.3 Å². The highest BCUT2D eigenvalue weighted by Gasteiger charge is 2.40. The minimum atomic E-state index is -0.997. The number of Topliss-reactive ketones (excluding diaryl/α,β-unsaturated/α-hetero) is 3. The van der Waals surface area contributed by atoms with Gasteiger partial charge in [0.1, 0.15) is 0 Å². The average molecular weight is 258 g/mol. The molecule has 98 valence electrons. The first kappa shape index (κ1) is 13.4. The summed E-state index contributed by atoms with van der Waals surface area (Å²) in [6.07, 6.45) is 3.60. The lowest BCUT2D eigenvalue weighted by Crippen LogP contribution is -2.36. The Labute approximate surface area is 111 Å². The molecule has 0 bridgehead atoms. The van der Waals surface area contributed by atoms with Gasteiger partial charge in [-0.15, -0.1) is 0 Å². The number of hydrogen-bond donors (Lipinski definition) is 0. The maximum absolute atomic E-state index is 11.8. The fraction of sp³-hybridized carbons (Fsp3) is 0.267. The molecule has 1 aliphatic carbocycles. The van der Waals surface area contributed by atoms with Gasteiger partial charge in [0.2, 0.25) is 11.6 Å². The van der Waals surface area contributed by atoms with Gasteiger partial charge >= 0.3 is 0 Å². The molecule has 0 N–H and O–H groups in total. The molecule has 0 amide bonds. The Morgan fingerprint density at radius 3 is 2.58 bits per heavy atom. The molecule has 1 aromatic carbocycles. The van der Waals surface area contributed by atoms with E-state index in [2.05, 4.69) is 0 Å². The molecule has 1 aromatic rings. The number of carbonyl (C=O) groups is 3. The molecule has 0 aliphatic heterocycles. The van der Waals surface area contributed by atoms with E-state index in [-0.39, 0.29) is 12.2 Å². The summed E-state index contributed by atoms with van der Waals surface area (Å²) in [5.41, 5.74) is 0.735. The fourth-order valence-corrected chi connectivity index (χ4v) is 1.98. The fourth-order valence-electron chi connectivity index (χ4n) is 1.98. The predicted molar refractivity (Wildman–Crippen MR) is 68.9 cm³/mol. The SMILES string of the molecule is CCC=CCOC1C(=O)C(=O)C(=O)c2ccccc21. The van der Waals surface area contributed by atoms with Crippen molar-refractivity contribution in [2.45, 2.75) is 19.4 Å². The Morgan fingerprint density at radius 1 is 1.11 bits per heavy atom. The van der Waals surface area contributed by atoms with Crippen molar-refractivity contribution in [1.29, 1.82) is 0 Å². The third-order valence-corrected chi connectivity index (χ3v) is 2.92. The van der Waals surface area contributed by atoms with Crippen molar-refractivity contribution in [3.8, 4) is 0 Å². The third kappa shape index (κ3) is 2.53. The monoisotopic (exact) mass is 258 g/mol. The van der Waals surface area contributed by atoms with Crippen LogP contribution in [-0.4, -0.2) is 24.0 Å². The zero-order valence-corrected chi connectivity index (χ0v) is 10.6. The number of hydrogen-bond acceptors (Lipinski definition) is 4. The first-order valence-corrected chi connectivity index (χ1v) is 6.15. The molecule has 1 unspecified atom stereocenters. The van der Waals surface area contributed by atoms with Crippen LogP contribution in [0, 0.1) is 0 Å². The molecule has 0 heterocycles. The highest BCUT2D eigenvalue weighted by Crippen LogP contribution is 2.28. The van der Waals surface area contributed by atoms with E-state index in [0.29, 0.717) is 5.56 Å². The summed E-state index contributed by atoms with van der Waals surface area (Å²) in [6, 6.07) is 6.56. The molecule has 0 radical (unpaired) electrons. The van der Waals surface area contributed by atoms with E-state index in [1.165, 1.54) is 0 Å². The number of rotatable bonds is 4. The van der Waals surface area contributed by atoms with Gasteiger partial charge in [-0.05, 0) is 6.42 Å². The van der Waals surface area contributed by atoms with Crippen LogP contribution in [0.3, 0.4) is 0 Å².